The SMILES string of the molecule is CN(C)CCOCOC[SiH2]CCCSSSSCCC[SiH2]COCOCCN(C)C. The number of hydrogen-bond acceptors (Lipinski definition) is 10. The quantitative estimate of drug-likeness (QED) is 0.0753. The van der Waals surface area contributed by atoms with Crippen molar-refractivity contribution in [3.05, 3.63) is 0 Å². The Kier molecular flexibility index (Phi) is 28.3. The van der Waals surface area contributed by atoms with Crippen LogP contribution in [0.15, 0.2) is 0 Å². The van der Waals surface area contributed by atoms with Crippen LogP contribution in [0.4, 0.5) is 0 Å². The normalized spacial score (nSPS) is 12.6. The Morgan fingerprint density at radius 3 is 1.47 bits per heavy atom. The molecule has 12 heteroatoms. The first kappa shape index (κ1) is 31.6. The van der Waals surface area contributed by atoms with Gasteiger partial charge in [0.1, 0.15) is 13.6 Å². The monoisotopic (exact) mass is 536 g/mol. The fourth-order valence-electron chi connectivity index (χ4n) is 2.04. The van der Waals surface area contributed by atoms with Crippen LogP contribution in [0.3, 0.4) is 0 Å². The second-order valence-corrected chi connectivity index (χ2v) is 17.3. The highest BCUT2D eigenvalue weighted by Gasteiger charge is 1.97. The molecule has 0 fully saturated rings. The van der Waals surface area contributed by atoms with Crippen molar-refractivity contribution < 1.29 is 18.9 Å². The van der Waals surface area contributed by atoms with Gasteiger partial charge in [-0.25, -0.2) is 0 Å². The van der Waals surface area contributed by atoms with Gasteiger partial charge in [0.05, 0.1) is 32.3 Å². The van der Waals surface area contributed by atoms with Gasteiger partial charge in [-0.05, 0) is 60.7 Å². The zero-order chi connectivity index (χ0) is 22.1. The molecular formula is C18H44N2O4S4Si2. The van der Waals surface area contributed by atoms with Crippen molar-refractivity contribution in [2.24, 2.45) is 0 Å². The van der Waals surface area contributed by atoms with E-state index in [9.17, 15) is 0 Å². The van der Waals surface area contributed by atoms with Gasteiger partial charge in [-0.3, -0.25) is 0 Å². The van der Waals surface area contributed by atoms with E-state index in [1.54, 1.807) is 0 Å². The van der Waals surface area contributed by atoms with E-state index in [2.05, 4.69) is 38.0 Å². The number of hydrogen-bond donors (Lipinski definition) is 0. The maximum Gasteiger partial charge on any atom is 0.146 e. The molecule has 0 N–H and O–H groups in total. The molecule has 0 aliphatic heterocycles. The lowest BCUT2D eigenvalue weighted by atomic mass is 10.6. The second-order valence-electron chi connectivity index (χ2n) is 7.38. The van der Waals surface area contributed by atoms with Crippen LogP contribution >= 0.6 is 41.2 Å². The van der Waals surface area contributed by atoms with E-state index >= 15 is 0 Å². The number of likely N-dealkylation sites (N-methyl/N-ethyl adjacent to an activating group) is 2. The highest BCUT2D eigenvalue weighted by Crippen LogP contribution is 2.43. The summed E-state index contributed by atoms with van der Waals surface area (Å²) < 4.78 is 21.9. The number of nitrogens with zero attached hydrogens (tertiary/aromatic N) is 2. The van der Waals surface area contributed by atoms with Gasteiger partial charge >= 0.3 is 0 Å². The van der Waals surface area contributed by atoms with Crippen LogP contribution in [0.2, 0.25) is 12.1 Å². The highest BCUT2D eigenvalue weighted by atomic mass is 33.7. The summed E-state index contributed by atoms with van der Waals surface area (Å²) in [6.07, 6.45) is 4.54. The second kappa shape index (κ2) is 26.8. The van der Waals surface area contributed by atoms with Crippen molar-refractivity contribution in [2.45, 2.75) is 24.9 Å². The molecule has 0 aliphatic carbocycles. The van der Waals surface area contributed by atoms with Crippen LogP contribution in [-0.2, 0) is 18.9 Å². The predicted molar refractivity (Wildman–Crippen MR) is 147 cm³/mol. The average molecular weight is 537 g/mol. The summed E-state index contributed by atoms with van der Waals surface area (Å²) in [5.41, 5.74) is 0. The third kappa shape index (κ3) is 29.6. The molecule has 0 rings (SSSR count). The summed E-state index contributed by atoms with van der Waals surface area (Å²) in [6, 6.07) is 2.74. The van der Waals surface area contributed by atoms with Crippen molar-refractivity contribution in [1.29, 1.82) is 0 Å². The van der Waals surface area contributed by atoms with E-state index < -0.39 is 0 Å². The molecule has 0 atom stereocenters. The Bertz CT molecular complexity index is 313. The van der Waals surface area contributed by atoms with Crippen molar-refractivity contribution in [3.63, 3.8) is 0 Å². The van der Waals surface area contributed by atoms with Gasteiger partial charge in [-0.1, -0.05) is 33.7 Å². The van der Waals surface area contributed by atoms with Crippen molar-refractivity contribution in [3.8, 4) is 0 Å². The van der Waals surface area contributed by atoms with Crippen molar-refractivity contribution in [2.75, 3.05) is 92.0 Å². The summed E-state index contributed by atoms with van der Waals surface area (Å²) in [5.74, 6) is 2.51. The third-order valence-electron chi connectivity index (χ3n) is 3.86. The van der Waals surface area contributed by atoms with E-state index in [0.717, 1.165) is 38.8 Å². The summed E-state index contributed by atoms with van der Waals surface area (Å²) in [4.78, 5) is 4.23. The molecule has 0 aliphatic rings. The minimum absolute atomic E-state index is 0.0699. The minimum Gasteiger partial charge on any atom is -0.359 e. The Balaban J connectivity index is 3.00. The molecule has 0 unspecified atom stereocenters. The van der Waals surface area contributed by atoms with Crippen LogP contribution in [0.25, 0.3) is 0 Å². The first-order chi connectivity index (χ1) is 14.6. The molecule has 0 aromatic heterocycles. The molecule has 0 radical (unpaired) electrons. The molecule has 0 amide bonds. The standard InChI is InChI=1S/C18H44N2O4S4Si2/c1-19(2)7-9-21-15-23-17-29-13-5-11-25-27-28-26-12-6-14-30-18-24-16-22-10-8-20(3)4/h5-18,29-30H2,1-4H3. The molecule has 0 heterocycles. The van der Waals surface area contributed by atoms with Crippen LogP contribution < -0.4 is 0 Å². The Hall–Kier alpha value is 1.59. The van der Waals surface area contributed by atoms with Gasteiger partial charge < -0.3 is 28.7 Å². The number of ether oxygens (including phenoxy) is 4. The maximum absolute atomic E-state index is 5.54. The fraction of sp³-hybridized carbons (Fsp3) is 1.00. The van der Waals surface area contributed by atoms with Crippen LogP contribution in [-0.4, -0.2) is 121 Å². The number of rotatable bonds is 25. The molecule has 6 nitrogen and oxygen atoms in total. The van der Waals surface area contributed by atoms with Gasteiger partial charge in [0.15, 0.2) is 0 Å². The van der Waals surface area contributed by atoms with E-state index in [4.69, 9.17) is 18.9 Å². The largest absolute Gasteiger partial charge is 0.359 e. The smallest absolute Gasteiger partial charge is 0.146 e. The molecule has 182 valence electrons. The van der Waals surface area contributed by atoms with Gasteiger partial charge in [-0.2, -0.15) is 0 Å². The molecule has 0 bridgehead atoms. The summed E-state index contributed by atoms with van der Waals surface area (Å²) in [6.45, 7) is 4.33. The van der Waals surface area contributed by atoms with E-state index in [1.165, 1.54) is 36.4 Å². The first-order valence-electron chi connectivity index (χ1n) is 10.8. The first-order valence-corrected chi connectivity index (χ1v) is 20.0. The lowest BCUT2D eigenvalue weighted by molar-refractivity contribution is -0.0418. The van der Waals surface area contributed by atoms with E-state index in [1.807, 2.05) is 41.2 Å². The van der Waals surface area contributed by atoms with Gasteiger partial charge in [-0.15, -0.1) is 0 Å². The van der Waals surface area contributed by atoms with Crippen LogP contribution in [0, 0.1) is 0 Å². The zero-order valence-corrected chi connectivity index (χ0v) is 25.6. The van der Waals surface area contributed by atoms with Gasteiger partial charge in [0.25, 0.3) is 0 Å². The van der Waals surface area contributed by atoms with Crippen molar-refractivity contribution in [1.82, 2.24) is 9.80 Å². The summed E-state index contributed by atoms with van der Waals surface area (Å²) in [7, 11) is 15.9. The topological polar surface area (TPSA) is 43.4 Å². The maximum atomic E-state index is 5.54. The summed E-state index contributed by atoms with van der Waals surface area (Å²) >= 11 is 0. The minimum atomic E-state index is -0.0699. The molecule has 0 saturated heterocycles. The lowest BCUT2D eigenvalue weighted by Crippen LogP contribution is -2.19. The predicted octanol–water partition coefficient (Wildman–Crippen LogP) is 2.64. The Labute approximate surface area is 205 Å². The molecule has 0 spiro atoms. The molecule has 0 aromatic rings. The van der Waals surface area contributed by atoms with Crippen molar-refractivity contribution >= 4 is 60.3 Å². The van der Waals surface area contributed by atoms with Gasteiger partial charge in [0, 0.05) is 37.1 Å². The molecule has 0 saturated carbocycles. The lowest BCUT2D eigenvalue weighted by Gasteiger charge is -2.10. The Morgan fingerprint density at radius 1 is 0.633 bits per heavy atom. The highest BCUT2D eigenvalue weighted by molar-refractivity contribution is 9.26. The zero-order valence-electron chi connectivity index (χ0n) is 19.5. The third-order valence-corrected chi connectivity index (χ3v) is 13.6. The van der Waals surface area contributed by atoms with Crippen LogP contribution in [0.1, 0.15) is 12.8 Å². The molecule has 0 aromatic carbocycles. The van der Waals surface area contributed by atoms with E-state index in [0.29, 0.717) is 13.6 Å². The van der Waals surface area contributed by atoms with Gasteiger partial charge in [0.2, 0.25) is 0 Å². The Morgan fingerprint density at radius 2 is 1.07 bits per heavy atom. The van der Waals surface area contributed by atoms with E-state index in [-0.39, 0.29) is 19.0 Å². The molecule has 30 heavy (non-hydrogen) atoms. The van der Waals surface area contributed by atoms with Crippen LogP contribution in [0.5, 0.6) is 0 Å². The molecular weight excluding hydrogens is 493 g/mol. The summed E-state index contributed by atoms with van der Waals surface area (Å²) in [5, 5.41) is 0. The fourth-order valence-corrected chi connectivity index (χ4v) is 11.3. The average Bonchev–Trinajstić information content (AvgIpc) is 2.70.